The highest BCUT2D eigenvalue weighted by Gasteiger charge is 2.28. The lowest BCUT2D eigenvalue weighted by molar-refractivity contribution is 0.664. The van der Waals surface area contributed by atoms with Gasteiger partial charge in [0.25, 0.3) is 0 Å². The van der Waals surface area contributed by atoms with Crippen molar-refractivity contribution in [1.82, 2.24) is 9.13 Å². The van der Waals surface area contributed by atoms with Crippen molar-refractivity contribution in [3.63, 3.8) is 0 Å². The molecule has 0 aliphatic heterocycles. The summed E-state index contributed by atoms with van der Waals surface area (Å²) >= 11 is 3.73. The van der Waals surface area contributed by atoms with E-state index in [9.17, 15) is 0 Å². The van der Waals surface area contributed by atoms with Crippen LogP contribution in [0, 0.1) is 0 Å². The molecule has 0 unspecified atom stereocenters. The summed E-state index contributed by atoms with van der Waals surface area (Å²) in [5.41, 5.74) is 8.31. The molecule has 0 saturated heterocycles. The Bertz CT molecular complexity index is 1740. The zero-order valence-corrected chi connectivity index (χ0v) is 23.7. The number of unbranched alkanes of at least 4 members (excludes halogenated alkanes) is 2. The summed E-state index contributed by atoms with van der Waals surface area (Å²) in [6.45, 7) is 6.65. The third kappa shape index (κ3) is 3.50. The van der Waals surface area contributed by atoms with Crippen molar-refractivity contribution in [2.24, 2.45) is 0 Å². The van der Waals surface area contributed by atoms with Crippen molar-refractivity contribution >= 4 is 66.3 Å². The van der Waals surface area contributed by atoms with E-state index in [2.05, 4.69) is 107 Å². The molecule has 0 fully saturated rings. The molecule has 4 aromatic heterocycles. The molecule has 0 saturated carbocycles. The smallest absolute Gasteiger partial charge is 0.0593 e. The average Bonchev–Trinajstić information content (AvgIpc) is 3.76. The van der Waals surface area contributed by atoms with Crippen molar-refractivity contribution < 1.29 is 0 Å². The molecule has 4 heterocycles. The lowest BCUT2D eigenvalue weighted by Crippen LogP contribution is -2.01. The highest BCUT2D eigenvalue weighted by molar-refractivity contribution is 7.14. The van der Waals surface area contributed by atoms with Crippen LogP contribution in [0.25, 0.3) is 64.5 Å². The van der Waals surface area contributed by atoms with E-state index < -0.39 is 0 Å². The first-order chi connectivity index (χ1) is 18.8. The highest BCUT2D eigenvalue weighted by atomic mass is 32.1. The van der Waals surface area contributed by atoms with Gasteiger partial charge in [-0.25, -0.2) is 0 Å². The fourth-order valence-electron chi connectivity index (χ4n) is 6.29. The number of rotatable bonds is 8. The molecular weight excluding hydrogens is 501 g/mol. The van der Waals surface area contributed by atoms with Gasteiger partial charge in [-0.15, -0.1) is 22.7 Å². The van der Waals surface area contributed by atoms with Gasteiger partial charge in [0.05, 0.1) is 11.0 Å². The lowest BCUT2D eigenvalue weighted by Gasteiger charge is -2.16. The number of hydrogen-bond donors (Lipinski definition) is 0. The maximum atomic E-state index is 2.64. The Balaban J connectivity index is 1.82. The van der Waals surface area contributed by atoms with E-state index in [1.54, 1.807) is 0 Å². The molecule has 0 atom stereocenters. The SMILES string of the molecule is CCCCn1c2ccccc2c2c(-c3cccs3)c3c(c(-c4cccs4)c21)c1ccccc1n3CCCC. The Hall–Kier alpha value is -3.34. The molecule has 38 heavy (non-hydrogen) atoms. The fourth-order valence-corrected chi connectivity index (χ4v) is 7.84. The van der Waals surface area contributed by atoms with Crippen molar-refractivity contribution in [1.29, 1.82) is 0 Å². The van der Waals surface area contributed by atoms with E-state index in [0.717, 1.165) is 13.1 Å². The number of nitrogens with zero attached hydrogens (tertiary/aromatic N) is 2. The molecule has 0 radical (unpaired) electrons. The molecule has 2 nitrogen and oxygen atoms in total. The summed E-state index contributed by atoms with van der Waals surface area (Å²) in [6, 6.07) is 27.3. The molecule has 0 aliphatic rings. The Morgan fingerprint density at radius 2 is 1.00 bits per heavy atom. The summed E-state index contributed by atoms with van der Waals surface area (Å²) in [7, 11) is 0. The van der Waals surface area contributed by atoms with E-state index in [-0.39, 0.29) is 0 Å². The lowest BCUT2D eigenvalue weighted by atomic mass is 9.95. The quantitative estimate of drug-likeness (QED) is 0.184. The fraction of sp³-hybridized carbons (Fsp3) is 0.235. The minimum absolute atomic E-state index is 1.03. The number of fused-ring (bicyclic) bond motifs is 6. The van der Waals surface area contributed by atoms with Gasteiger partial charge in [0.15, 0.2) is 0 Å². The van der Waals surface area contributed by atoms with Crippen LogP contribution in [-0.4, -0.2) is 9.13 Å². The summed E-state index contributed by atoms with van der Waals surface area (Å²) in [4.78, 5) is 2.72. The molecule has 4 heteroatoms. The van der Waals surface area contributed by atoms with Crippen LogP contribution < -0.4 is 0 Å². The van der Waals surface area contributed by atoms with Crippen molar-refractivity contribution in [3.8, 4) is 20.9 Å². The second-order valence-corrected chi connectivity index (χ2v) is 12.1. The Morgan fingerprint density at radius 3 is 1.39 bits per heavy atom. The minimum Gasteiger partial charge on any atom is -0.340 e. The van der Waals surface area contributed by atoms with Gasteiger partial charge < -0.3 is 9.13 Å². The van der Waals surface area contributed by atoms with Crippen LogP contribution in [0.3, 0.4) is 0 Å². The van der Waals surface area contributed by atoms with E-state index in [4.69, 9.17) is 0 Å². The van der Waals surface area contributed by atoms with Gasteiger partial charge in [0, 0.05) is 66.5 Å². The average molecular weight is 533 g/mol. The monoisotopic (exact) mass is 532 g/mol. The summed E-state index contributed by atoms with van der Waals surface area (Å²) < 4.78 is 5.27. The van der Waals surface area contributed by atoms with Gasteiger partial charge in [-0.3, -0.25) is 0 Å². The molecule has 0 N–H and O–H groups in total. The first-order valence-corrected chi connectivity index (χ1v) is 15.6. The Labute approximate surface area is 231 Å². The number of aryl methyl sites for hydroxylation is 2. The second kappa shape index (κ2) is 9.76. The Kier molecular flexibility index (Phi) is 6.10. The van der Waals surface area contributed by atoms with Gasteiger partial charge in [-0.05, 0) is 47.9 Å². The number of benzene rings is 3. The van der Waals surface area contributed by atoms with Crippen molar-refractivity contribution in [2.45, 2.75) is 52.6 Å². The van der Waals surface area contributed by atoms with E-state index in [0.29, 0.717) is 0 Å². The molecule has 0 amide bonds. The third-order valence-corrected chi connectivity index (χ3v) is 9.70. The largest absolute Gasteiger partial charge is 0.340 e. The molecule has 0 bridgehead atoms. The van der Waals surface area contributed by atoms with E-state index in [1.165, 1.54) is 90.2 Å². The molecule has 3 aromatic carbocycles. The predicted molar refractivity (Wildman–Crippen MR) is 169 cm³/mol. The van der Waals surface area contributed by atoms with Crippen LogP contribution in [0.5, 0.6) is 0 Å². The normalized spacial score (nSPS) is 12.1. The zero-order valence-electron chi connectivity index (χ0n) is 22.0. The van der Waals surface area contributed by atoms with Crippen molar-refractivity contribution in [3.05, 3.63) is 83.6 Å². The molecule has 190 valence electrons. The van der Waals surface area contributed by atoms with Crippen LogP contribution in [-0.2, 0) is 13.1 Å². The number of thiophene rings is 2. The maximum Gasteiger partial charge on any atom is 0.0593 e. The number of para-hydroxylation sites is 2. The third-order valence-electron chi connectivity index (χ3n) is 7.92. The topological polar surface area (TPSA) is 9.86 Å². The van der Waals surface area contributed by atoms with E-state index >= 15 is 0 Å². The highest BCUT2D eigenvalue weighted by Crippen LogP contribution is 2.52. The molecule has 7 aromatic rings. The molecule has 7 rings (SSSR count). The first-order valence-electron chi connectivity index (χ1n) is 13.9. The van der Waals surface area contributed by atoms with Crippen LogP contribution in [0.15, 0.2) is 83.6 Å². The second-order valence-electron chi connectivity index (χ2n) is 10.2. The summed E-state index contributed by atoms with van der Waals surface area (Å²) in [6.07, 6.45) is 4.70. The summed E-state index contributed by atoms with van der Waals surface area (Å²) in [5.74, 6) is 0. The molecule has 0 aliphatic carbocycles. The minimum atomic E-state index is 1.03. The van der Waals surface area contributed by atoms with E-state index in [1.807, 2.05) is 22.7 Å². The number of hydrogen-bond acceptors (Lipinski definition) is 2. The van der Waals surface area contributed by atoms with Crippen molar-refractivity contribution in [2.75, 3.05) is 0 Å². The Morgan fingerprint density at radius 1 is 0.553 bits per heavy atom. The molecule has 0 spiro atoms. The summed E-state index contributed by atoms with van der Waals surface area (Å²) in [5, 5.41) is 10.0. The number of aromatic nitrogens is 2. The van der Waals surface area contributed by atoms with Crippen LogP contribution in [0.4, 0.5) is 0 Å². The predicted octanol–water partition coefficient (Wildman–Crippen LogP) is 11.0. The van der Waals surface area contributed by atoms with Gasteiger partial charge in [-0.1, -0.05) is 75.2 Å². The zero-order chi connectivity index (χ0) is 25.6. The van der Waals surface area contributed by atoms with Gasteiger partial charge in [0.1, 0.15) is 0 Å². The van der Waals surface area contributed by atoms with Crippen LogP contribution in [0.2, 0.25) is 0 Å². The maximum absolute atomic E-state index is 2.64. The van der Waals surface area contributed by atoms with Gasteiger partial charge >= 0.3 is 0 Å². The van der Waals surface area contributed by atoms with Crippen LogP contribution >= 0.6 is 22.7 Å². The van der Waals surface area contributed by atoms with Crippen LogP contribution in [0.1, 0.15) is 39.5 Å². The van der Waals surface area contributed by atoms with Gasteiger partial charge in [-0.2, -0.15) is 0 Å². The molecular formula is C34H32N2S2. The van der Waals surface area contributed by atoms with Gasteiger partial charge in [0.2, 0.25) is 0 Å². The first kappa shape index (κ1) is 23.8. The standard InChI is InChI=1S/C34H32N2S2/c1-3-5-19-35-25-15-9-7-13-23(25)29-32(28-18-12-22-38-28)34-30(31(33(29)35)27-17-11-21-37-27)24-14-8-10-16-26(24)36(34)20-6-4-2/h7-18,21-22H,3-6,19-20H2,1-2H3.